The number of methoxy groups -OCH3 is 1. The van der Waals surface area contributed by atoms with E-state index in [9.17, 15) is 4.79 Å². The van der Waals surface area contributed by atoms with Crippen LogP contribution in [0.25, 0.3) is 0 Å². The monoisotopic (exact) mass is 230 g/mol. The molecule has 0 spiro atoms. The highest BCUT2D eigenvalue weighted by Crippen LogP contribution is 2.34. The Morgan fingerprint density at radius 1 is 1.43 bits per heavy atom. The van der Waals surface area contributed by atoms with Crippen molar-refractivity contribution in [3.63, 3.8) is 0 Å². The van der Waals surface area contributed by atoms with Gasteiger partial charge < -0.3 is 4.74 Å². The van der Waals surface area contributed by atoms with E-state index in [1.54, 1.807) is 6.07 Å². The van der Waals surface area contributed by atoms with Gasteiger partial charge in [-0.1, -0.05) is 29.3 Å². The van der Waals surface area contributed by atoms with Crippen LogP contribution in [0.5, 0.6) is 0 Å². The number of carbonyl (C=O) groups excluding carboxylic acids is 1. The van der Waals surface area contributed by atoms with Crippen molar-refractivity contribution < 1.29 is 9.53 Å². The highest BCUT2D eigenvalue weighted by molar-refractivity contribution is 6.44. The van der Waals surface area contributed by atoms with Crippen LogP contribution < -0.4 is 0 Å². The minimum Gasteiger partial charge on any atom is -0.373 e. The Bertz CT molecular complexity index is 401. The second-order valence-electron chi connectivity index (χ2n) is 3.19. The van der Waals surface area contributed by atoms with E-state index in [1.807, 2.05) is 6.07 Å². The van der Waals surface area contributed by atoms with Gasteiger partial charge in [0.15, 0.2) is 5.78 Å². The fraction of sp³-hybridized carbons (Fsp3) is 0.300. The maximum Gasteiger partial charge on any atom is 0.193 e. The highest BCUT2D eigenvalue weighted by atomic mass is 35.5. The molecule has 0 bridgehead atoms. The number of rotatable bonds is 1. The number of carbonyl (C=O) groups is 1. The van der Waals surface area contributed by atoms with E-state index in [0.717, 1.165) is 5.56 Å². The van der Waals surface area contributed by atoms with Crippen molar-refractivity contribution in [2.24, 2.45) is 0 Å². The summed E-state index contributed by atoms with van der Waals surface area (Å²) in [5.74, 6) is -0.0741. The van der Waals surface area contributed by atoms with E-state index in [2.05, 4.69) is 0 Å². The van der Waals surface area contributed by atoms with Crippen molar-refractivity contribution in [3.8, 4) is 0 Å². The van der Waals surface area contributed by atoms with Gasteiger partial charge in [0.1, 0.15) is 6.10 Å². The Morgan fingerprint density at radius 2 is 2.14 bits per heavy atom. The molecule has 74 valence electrons. The highest BCUT2D eigenvalue weighted by Gasteiger charge is 2.33. The number of ether oxygens (including phenoxy) is 1. The molecule has 1 aliphatic rings. The van der Waals surface area contributed by atoms with Crippen LogP contribution in [0.3, 0.4) is 0 Å². The number of hydrogen-bond donors (Lipinski definition) is 0. The fourth-order valence-electron chi connectivity index (χ4n) is 1.67. The number of hydrogen-bond acceptors (Lipinski definition) is 2. The van der Waals surface area contributed by atoms with Gasteiger partial charge in [-0.15, -0.1) is 0 Å². The smallest absolute Gasteiger partial charge is 0.193 e. The molecule has 0 saturated heterocycles. The summed E-state index contributed by atoms with van der Waals surface area (Å²) in [5, 5.41) is 0.754. The topological polar surface area (TPSA) is 26.3 Å². The predicted molar refractivity (Wildman–Crippen MR) is 55.3 cm³/mol. The van der Waals surface area contributed by atoms with Crippen molar-refractivity contribution >= 4 is 29.0 Å². The van der Waals surface area contributed by atoms with Gasteiger partial charge >= 0.3 is 0 Å². The Labute approximate surface area is 91.8 Å². The minimum atomic E-state index is -0.402. The summed E-state index contributed by atoms with van der Waals surface area (Å²) in [6.07, 6.45) is 0.183. The quantitative estimate of drug-likeness (QED) is 0.742. The van der Waals surface area contributed by atoms with Crippen molar-refractivity contribution in [3.05, 3.63) is 33.3 Å². The molecule has 1 aliphatic carbocycles. The summed E-state index contributed by atoms with van der Waals surface area (Å²) in [6, 6.07) is 3.52. The van der Waals surface area contributed by atoms with Crippen LogP contribution in [0.4, 0.5) is 0 Å². The molecule has 0 heterocycles. The third-order valence-electron chi connectivity index (χ3n) is 2.41. The first-order valence-electron chi connectivity index (χ1n) is 4.19. The zero-order valence-electron chi connectivity index (χ0n) is 7.51. The molecule has 0 fully saturated rings. The SMILES string of the molecule is COC1Cc2ccc(Cl)c(Cl)c2C1=O. The van der Waals surface area contributed by atoms with Crippen LogP contribution in [0.15, 0.2) is 12.1 Å². The van der Waals surface area contributed by atoms with Crippen LogP contribution in [0, 0.1) is 0 Å². The summed E-state index contributed by atoms with van der Waals surface area (Å²) in [4.78, 5) is 11.7. The van der Waals surface area contributed by atoms with Gasteiger partial charge in [0.25, 0.3) is 0 Å². The Balaban J connectivity index is 2.55. The third-order valence-corrected chi connectivity index (χ3v) is 3.21. The van der Waals surface area contributed by atoms with Crippen LogP contribution in [0.1, 0.15) is 15.9 Å². The number of ketones is 1. The lowest BCUT2D eigenvalue weighted by Gasteiger charge is -2.03. The van der Waals surface area contributed by atoms with Gasteiger partial charge in [-0.25, -0.2) is 0 Å². The van der Waals surface area contributed by atoms with Gasteiger partial charge in [-0.05, 0) is 11.6 Å². The largest absolute Gasteiger partial charge is 0.373 e. The average Bonchev–Trinajstić information content (AvgIpc) is 2.50. The van der Waals surface area contributed by atoms with Crippen LogP contribution in [-0.2, 0) is 11.2 Å². The first kappa shape index (κ1) is 9.97. The average molecular weight is 231 g/mol. The molecule has 14 heavy (non-hydrogen) atoms. The summed E-state index contributed by atoms with van der Waals surface area (Å²) in [5.41, 5.74) is 1.43. The van der Waals surface area contributed by atoms with Gasteiger partial charge in [-0.2, -0.15) is 0 Å². The molecule has 1 unspecified atom stereocenters. The van der Waals surface area contributed by atoms with Gasteiger partial charge in [0.05, 0.1) is 10.0 Å². The number of halogens is 2. The number of benzene rings is 1. The van der Waals surface area contributed by atoms with E-state index in [1.165, 1.54) is 7.11 Å². The molecule has 0 radical (unpaired) electrons. The minimum absolute atomic E-state index is 0.0741. The number of fused-ring (bicyclic) bond motifs is 1. The molecule has 1 aromatic carbocycles. The van der Waals surface area contributed by atoms with Crippen molar-refractivity contribution in [2.75, 3.05) is 7.11 Å². The lowest BCUT2D eigenvalue weighted by Crippen LogP contribution is -2.17. The second-order valence-corrected chi connectivity index (χ2v) is 3.97. The fourth-order valence-corrected chi connectivity index (χ4v) is 2.11. The van der Waals surface area contributed by atoms with Crippen molar-refractivity contribution in [2.45, 2.75) is 12.5 Å². The summed E-state index contributed by atoms with van der Waals surface area (Å²) >= 11 is 11.8. The predicted octanol–water partition coefficient (Wildman–Crippen LogP) is 2.75. The maximum absolute atomic E-state index is 11.7. The molecule has 0 aromatic heterocycles. The number of Topliss-reactive ketones (excluding diaryl/α,β-unsaturated/α-hetero) is 1. The summed E-state index contributed by atoms with van der Waals surface area (Å²) in [7, 11) is 1.52. The van der Waals surface area contributed by atoms with Gasteiger partial charge in [-0.3, -0.25) is 4.79 Å². The van der Waals surface area contributed by atoms with Crippen LogP contribution in [0.2, 0.25) is 10.0 Å². The Hall–Kier alpha value is -0.570. The molecule has 0 aliphatic heterocycles. The summed E-state index contributed by atoms with van der Waals surface area (Å²) < 4.78 is 5.05. The van der Waals surface area contributed by atoms with E-state index < -0.39 is 6.10 Å². The molecule has 0 saturated carbocycles. The molecule has 2 nitrogen and oxygen atoms in total. The van der Waals surface area contributed by atoms with E-state index in [4.69, 9.17) is 27.9 Å². The molecule has 2 rings (SSSR count). The Kier molecular flexibility index (Phi) is 2.52. The van der Waals surface area contributed by atoms with E-state index in [-0.39, 0.29) is 5.78 Å². The van der Waals surface area contributed by atoms with Gasteiger partial charge in [0.2, 0.25) is 0 Å². The van der Waals surface area contributed by atoms with Crippen molar-refractivity contribution in [1.82, 2.24) is 0 Å². The van der Waals surface area contributed by atoms with Crippen LogP contribution >= 0.6 is 23.2 Å². The van der Waals surface area contributed by atoms with Crippen molar-refractivity contribution in [1.29, 1.82) is 0 Å². The zero-order chi connectivity index (χ0) is 10.3. The van der Waals surface area contributed by atoms with E-state index >= 15 is 0 Å². The normalized spacial score (nSPS) is 19.9. The Morgan fingerprint density at radius 3 is 2.79 bits per heavy atom. The second kappa shape index (κ2) is 3.54. The molecule has 0 amide bonds. The third kappa shape index (κ3) is 1.34. The molecular formula is C10H8Cl2O2. The van der Waals surface area contributed by atoms with E-state index in [0.29, 0.717) is 22.0 Å². The molecule has 4 heteroatoms. The standard InChI is InChI=1S/C10H8Cl2O2/c1-14-7-4-5-2-3-6(11)9(12)8(5)10(7)13/h2-3,7H,4H2,1H3. The first-order valence-corrected chi connectivity index (χ1v) is 4.94. The molecule has 1 atom stereocenters. The lowest BCUT2D eigenvalue weighted by atomic mass is 10.1. The maximum atomic E-state index is 11.7. The first-order chi connectivity index (χ1) is 6.65. The lowest BCUT2D eigenvalue weighted by molar-refractivity contribution is 0.0647. The zero-order valence-corrected chi connectivity index (χ0v) is 9.02. The molecular weight excluding hydrogens is 223 g/mol. The summed E-state index contributed by atoms with van der Waals surface area (Å²) in [6.45, 7) is 0. The van der Waals surface area contributed by atoms with Crippen LogP contribution in [-0.4, -0.2) is 19.0 Å². The molecule has 1 aromatic rings. The van der Waals surface area contributed by atoms with Gasteiger partial charge in [0, 0.05) is 19.1 Å². The molecule has 0 N–H and O–H groups in total.